The topological polar surface area (TPSA) is 22.1 Å². The molecule has 0 saturated carbocycles. The summed E-state index contributed by atoms with van der Waals surface area (Å²) in [6.45, 7) is 7.54. The van der Waals surface area contributed by atoms with Gasteiger partial charge in [-0.2, -0.15) is 0 Å². The molecule has 0 aliphatic rings. The van der Waals surface area contributed by atoms with Crippen molar-refractivity contribution in [1.29, 1.82) is 0 Å². The van der Waals surface area contributed by atoms with Crippen molar-refractivity contribution in [2.75, 3.05) is 0 Å². The minimum atomic E-state index is 0.572. The van der Waals surface area contributed by atoms with Crippen molar-refractivity contribution in [3.8, 4) is 17.0 Å². The van der Waals surface area contributed by atoms with Crippen molar-refractivity contribution < 1.29 is 4.74 Å². The second-order valence-corrected chi connectivity index (χ2v) is 11.2. The van der Waals surface area contributed by atoms with Gasteiger partial charge in [0.2, 0.25) is 0 Å². The fourth-order valence-electron chi connectivity index (χ4n) is 5.14. The molecule has 2 heteroatoms. The van der Waals surface area contributed by atoms with Crippen molar-refractivity contribution in [2.24, 2.45) is 5.92 Å². The standard InChI is InChI=1S/C36H51NO/c1-4-6-8-9-11-19-32-26-27-35(37-28-32)34-20-14-15-21-36(34)38-29-33-24-22-31(23-25-33)18-13-12-17-30(3)16-10-7-5-2/h14-15,20-28,30H,4-13,16-19,29H2,1-3H3. The second kappa shape index (κ2) is 17.8. The third kappa shape index (κ3) is 11.0. The fraction of sp³-hybridized carbons (Fsp3) is 0.528. The number of nitrogens with zero attached hydrogens (tertiary/aromatic N) is 1. The number of para-hydroxylation sites is 1. The van der Waals surface area contributed by atoms with Crippen LogP contribution in [0, 0.1) is 5.92 Å². The highest BCUT2D eigenvalue weighted by molar-refractivity contribution is 5.67. The number of rotatable bonds is 19. The summed E-state index contributed by atoms with van der Waals surface area (Å²) in [7, 11) is 0. The molecule has 38 heavy (non-hydrogen) atoms. The zero-order valence-corrected chi connectivity index (χ0v) is 24.4. The van der Waals surface area contributed by atoms with Gasteiger partial charge in [-0.3, -0.25) is 4.98 Å². The monoisotopic (exact) mass is 513 g/mol. The van der Waals surface area contributed by atoms with Crippen LogP contribution >= 0.6 is 0 Å². The van der Waals surface area contributed by atoms with Gasteiger partial charge in [0.15, 0.2) is 0 Å². The molecule has 206 valence electrons. The Hall–Kier alpha value is -2.61. The van der Waals surface area contributed by atoms with Gasteiger partial charge in [0.05, 0.1) is 5.69 Å². The molecule has 0 radical (unpaired) electrons. The van der Waals surface area contributed by atoms with Crippen molar-refractivity contribution in [3.63, 3.8) is 0 Å². The van der Waals surface area contributed by atoms with E-state index in [-0.39, 0.29) is 0 Å². The zero-order chi connectivity index (χ0) is 26.8. The molecular weight excluding hydrogens is 462 g/mol. The summed E-state index contributed by atoms with van der Waals surface area (Å²) < 4.78 is 6.28. The Morgan fingerprint density at radius 3 is 1.97 bits per heavy atom. The molecule has 2 aromatic carbocycles. The summed E-state index contributed by atoms with van der Waals surface area (Å²) in [4.78, 5) is 4.78. The van der Waals surface area contributed by atoms with Gasteiger partial charge in [-0.15, -0.1) is 0 Å². The molecule has 2 nitrogen and oxygen atoms in total. The van der Waals surface area contributed by atoms with Crippen LogP contribution in [0.2, 0.25) is 0 Å². The lowest BCUT2D eigenvalue weighted by Gasteiger charge is -2.12. The third-order valence-corrected chi connectivity index (χ3v) is 7.69. The number of ether oxygens (including phenoxy) is 1. The van der Waals surface area contributed by atoms with Gasteiger partial charge in [0.1, 0.15) is 12.4 Å². The maximum absolute atomic E-state index is 6.28. The molecule has 1 heterocycles. The molecule has 0 spiro atoms. The highest BCUT2D eigenvalue weighted by atomic mass is 16.5. The van der Waals surface area contributed by atoms with Crippen LogP contribution in [0.4, 0.5) is 0 Å². The van der Waals surface area contributed by atoms with Crippen molar-refractivity contribution in [2.45, 2.75) is 117 Å². The van der Waals surface area contributed by atoms with E-state index in [1.54, 1.807) is 0 Å². The quantitative estimate of drug-likeness (QED) is 0.149. The number of benzene rings is 2. The highest BCUT2D eigenvalue weighted by Gasteiger charge is 2.08. The molecule has 1 unspecified atom stereocenters. The molecule has 0 aliphatic carbocycles. The summed E-state index contributed by atoms with van der Waals surface area (Å²) in [5.74, 6) is 1.77. The molecule has 1 atom stereocenters. The molecule has 0 fully saturated rings. The summed E-state index contributed by atoms with van der Waals surface area (Å²) in [6, 6.07) is 21.6. The summed E-state index contributed by atoms with van der Waals surface area (Å²) in [6.07, 6.45) is 20.4. The summed E-state index contributed by atoms with van der Waals surface area (Å²) in [5, 5.41) is 0. The Balaban J connectivity index is 1.44. The Kier molecular flexibility index (Phi) is 14.0. The zero-order valence-electron chi connectivity index (χ0n) is 24.4. The van der Waals surface area contributed by atoms with E-state index in [0.29, 0.717) is 6.61 Å². The van der Waals surface area contributed by atoms with Crippen LogP contribution in [0.15, 0.2) is 66.9 Å². The van der Waals surface area contributed by atoms with E-state index in [2.05, 4.69) is 75.4 Å². The number of aryl methyl sites for hydroxylation is 2. The van der Waals surface area contributed by atoms with Crippen LogP contribution in [-0.2, 0) is 19.4 Å². The average molecular weight is 514 g/mol. The van der Waals surface area contributed by atoms with E-state index in [0.717, 1.165) is 29.3 Å². The third-order valence-electron chi connectivity index (χ3n) is 7.69. The van der Waals surface area contributed by atoms with E-state index in [9.17, 15) is 0 Å². The predicted molar refractivity (Wildman–Crippen MR) is 164 cm³/mol. The molecule has 3 rings (SSSR count). The SMILES string of the molecule is CCCCCCCc1ccc(-c2ccccc2OCc2ccc(CCCCC(C)CCCCC)cc2)nc1. The van der Waals surface area contributed by atoms with Crippen LogP contribution in [0.25, 0.3) is 11.3 Å². The fourth-order valence-corrected chi connectivity index (χ4v) is 5.14. The Bertz CT molecular complexity index is 1010. The van der Waals surface area contributed by atoms with E-state index in [1.807, 2.05) is 12.3 Å². The minimum absolute atomic E-state index is 0.572. The second-order valence-electron chi connectivity index (χ2n) is 11.2. The molecular formula is C36H51NO. The Morgan fingerprint density at radius 2 is 1.24 bits per heavy atom. The summed E-state index contributed by atoms with van der Waals surface area (Å²) >= 11 is 0. The lowest BCUT2D eigenvalue weighted by atomic mass is 9.96. The Labute approximate surface area is 233 Å². The summed E-state index contributed by atoms with van der Waals surface area (Å²) in [5.41, 5.74) is 6.00. The first-order valence-electron chi connectivity index (χ1n) is 15.4. The van der Waals surface area contributed by atoms with Crippen molar-refractivity contribution in [1.82, 2.24) is 4.98 Å². The molecule has 0 saturated heterocycles. The van der Waals surface area contributed by atoms with Crippen molar-refractivity contribution in [3.05, 3.63) is 83.6 Å². The smallest absolute Gasteiger partial charge is 0.129 e. The molecule has 1 aromatic heterocycles. The van der Waals surface area contributed by atoms with E-state index < -0.39 is 0 Å². The van der Waals surface area contributed by atoms with Crippen LogP contribution in [-0.4, -0.2) is 4.98 Å². The lowest BCUT2D eigenvalue weighted by Crippen LogP contribution is -1.99. The Morgan fingerprint density at radius 1 is 0.632 bits per heavy atom. The predicted octanol–water partition coefficient (Wildman–Crippen LogP) is 10.8. The molecule has 0 N–H and O–H groups in total. The highest BCUT2D eigenvalue weighted by Crippen LogP contribution is 2.29. The van der Waals surface area contributed by atoms with E-state index in [4.69, 9.17) is 9.72 Å². The van der Waals surface area contributed by atoms with Gasteiger partial charge in [-0.25, -0.2) is 0 Å². The van der Waals surface area contributed by atoms with E-state index in [1.165, 1.54) is 100 Å². The number of unbranched alkanes of at least 4 members (excludes halogenated alkanes) is 7. The van der Waals surface area contributed by atoms with Gasteiger partial charge >= 0.3 is 0 Å². The van der Waals surface area contributed by atoms with Crippen LogP contribution in [0.5, 0.6) is 5.75 Å². The molecule has 0 bridgehead atoms. The van der Waals surface area contributed by atoms with Gasteiger partial charge in [0.25, 0.3) is 0 Å². The first-order valence-corrected chi connectivity index (χ1v) is 15.4. The number of hydrogen-bond acceptors (Lipinski definition) is 2. The molecule has 0 amide bonds. The van der Waals surface area contributed by atoms with Gasteiger partial charge in [-0.1, -0.05) is 127 Å². The number of aromatic nitrogens is 1. The first kappa shape index (κ1) is 29.9. The molecule has 0 aliphatic heterocycles. The average Bonchev–Trinajstić information content (AvgIpc) is 2.95. The van der Waals surface area contributed by atoms with Crippen LogP contribution < -0.4 is 4.74 Å². The normalized spacial score (nSPS) is 12.0. The lowest BCUT2D eigenvalue weighted by molar-refractivity contribution is 0.307. The number of pyridine rings is 1. The van der Waals surface area contributed by atoms with Gasteiger partial charge in [0, 0.05) is 11.8 Å². The first-order chi connectivity index (χ1) is 18.7. The van der Waals surface area contributed by atoms with Crippen LogP contribution in [0.1, 0.15) is 115 Å². The number of hydrogen-bond donors (Lipinski definition) is 0. The maximum atomic E-state index is 6.28. The molecule has 3 aromatic rings. The van der Waals surface area contributed by atoms with E-state index >= 15 is 0 Å². The van der Waals surface area contributed by atoms with Gasteiger partial charge in [-0.05, 0) is 66.5 Å². The van der Waals surface area contributed by atoms with Crippen LogP contribution in [0.3, 0.4) is 0 Å². The van der Waals surface area contributed by atoms with Gasteiger partial charge < -0.3 is 4.74 Å². The van der Waals surface area contributed by atoms with Crippen molar-refractivity contribution >= 4 is 0 Å². The maximum Gasteiger partial charge on any atom is 0.129 e. The largest absolute Gasteiger partial charge is 0.488 e. The minimum Gasteiger partial charge on any atom is -0.488 e.